The van der Waals surface area contributed by atoms with Gasteiger partial charge in [-0.15, -0.1) is 0 Å². The number of rotatable bonds is 7. The molecular formula is C21H27N3O4S. The summed E-state index contributed by atoms with van der Waals surface area (Å²) in [7, 11) is 0.0927. The molecule has 0 bridgehead atoms. The number of benzene rings is 2. The largest absolute Gasteiger partial charge is 0.379 e. The Hall–Kier alpha value is -2.26. The van der Waals surface area contributed by atoms with E-state index in [-0.39, 0.29) is 5.91 Å². The molecule has 29 heavy (non-hydrogen) atoms. The zero-order valence-electron chi connectivity index (χ0n) is 16.8. The van der Waals surface area contributed by atoms with Gasteiger partial charge in [-0.2, -0.15) is 4.31 Å². The first-order chi connectivity index (χ1) is 13.9. The van der Waals surface area contributed by atoms with Crippen LogP contribution >= 0.6 is 0 Å². The fraction of sp³-hybridized carbons (Fsp3) is 0.381. The second kappa shape index (κ2) is 9.49. The van der Waals surface area contributed by atoms with Gasteiger partial charge in [-0.05, 0) is 42.4 Å². The van der Waals surface area contributed by atoms with Crippen molar-refractivity contribution in [1.29, 1.82) is 0 Å². The highest BCUT2D eigenvalue weighted by Gasteiger charge is 2.26. The summed E-state index contributed by atoms with van der Waals surface area (Å²) in [6, 6.07) is 14.6. The predicted molar refractivity (Wildman–Crippen MR) is 111 cm³/mol. The fourth-order valence-electron chi connectivity index (χ4n) is 3.33. The average Bonchev–Trinajstić information content (AvgIpc) is 2.74. The molecule has 0 saturated carbocycles. The van der Waals surface area contributed by atoms with Crippen molar-refractivity contribution in [2.24, 2.45) is 0 Å². The van der Waals surface area contributed by atoms with Gasteiger partial charge in [-0.25, -0.2) is 8.42 Å². The quantitative estimate of drug-likeness (QED) is 0.742. The lowest BCUT2D eigenvalue weighted by molar-refractivity contribution is 0.0730. The van der Waals surface area contributed by atoms with Crippen molar-refractivity contribution in [3.8, 4) is 0 Å². The number of nitrogens with zero attached hydrogens (tertiary/aromatic N) is 2. The standard InChI is InChI=1S/C21H27N3O4S/c1-22-21(25)19-8-6-17(7-9-19)15-23(2)16-18-4-3-5-20(14-18)29(26,27)24-10-12-28-13-11-24/h3-9,14H,10-13,15-16H2,1-2H3,(H,22,25). The summed E-state index contributed by atoms with van der Waals surface area (Å²) in [5.74, 6) is -0.108. The van der Waals surface area contributed by atoms with Crippen LogP contribution in [0.25, 0.3) is 0 Å². The molecule has 2 aromatic carbocycles. The molecule has 1 amide bonds. The first-order valence-corrected chi connectivity index (χ1v) is 11.0. The Balaban J connectivity index is 1.65. The highest BCUT2D eigenvalue weighted by molar-refractivity contribution is 7.89. The molecule has 1 saturated heterocycles. The van der Waals surface area contributed by atoms with Crippen LogP contribution in [0.5, 0.6) is 0 Å². The van der Waals surface area contributed by atoms with Gasteiger partial charge in [0.05, 0.1) is 18.1 Å². The van der Waals surface area contributed by atoms with Crippen LogP contribution < -0.4 is 5.32 Å². The van der Waals surface area contributed by atoms with Crippen LogP contribution in [0, 0.1) is 0 Å². The van der Waals surface area contributed by atoms with Crippen LogP contribution in [-0.4, -0.2) is 63.9 Å². The van der Waals surface area contributed by atoms with Gasteiger partial charge in [-0.1, -0.05) is 24.3 Å². The van der Waals surface area contributed by atoms with E-state index < -0.39 is 10.0 Å². The monoisotopic (exact) mass is 417 g/mol. The van der Waals surface area contributed by atoms with E-state index in [1.165, 1.54) is 4.31 Å². The normalized spacial score (nSPS) is 15.4. The zero-order chi connectivity index (χ0) is 20.9. The van der Waals surface area contributed by atoms with Crippen LogP contribution in [0.4, 0.5) is 0 Å². The van der Waals surface area contributed by atoms with Crippen molar-refractivity contribution < 1.29 is 17.9 Å². The summed E-state index contributed by atoms with van der Waals surface area (Å²) in [5, 5.41) is 2.61. The van der Waals surface area contributed by atoms with Crippen LogP contribution in [0.3, 0.4) is 0 Å². The van der Waals surface area contributed by atoms with Gasteiger partial charge in [-0.3, -0.25) is 9.69 Å². The van der Waals surface area contributed by atoms with Crippen molar-refractivity contribution >= 4 is 15.9 Å². The SMILES string of the molecule is CNC(=O)c1ccc(CN(C)Cc2cccc(S(=O)(=O)N3CCOCC3)c2)cc1. The van der Waals surface area contributed by atoms with Crippen molar-refractivity contribution in [2.45, 2.75) is 18.0 Å². The first kappa shape index (κ1) is 21.4. The summed E-state index contributed by atoms with van der Waals surface area (Å²) in [6.07, 6.45) is 0. The third kappa shape index (κ3) is 5.42. The van der Waals surface area contributed by atoms with E-state index in [0.717, 1.165) is 11.1 Å². The topological polar surface area (TPSA) is 79.0 Å². The summed E-state index contributed by atoms with van der Waals surface area (Å²) < 4.78 is 32.4. The summed E-state index contributed by atoms with van der Waals surface area (Å²) in [4.78, 5) is 14.1. The molecular weight excluding hydrogens is 390 g/mol. The van der Waals surface area contributed by atoms with E-state index >= 15 is 0 Å². The van der Waals surface area contributed by atoms with E-state index in [1.807, 2.05) is 25.2 Å². The molecule has 1 aliphatic heterocycles. The van der Waals surface area contributed by atoms with Gasteiger partial charge >= 0.3 is 0 Å². The Labute approximate surface area is 172 Å². The maximum atomic E-state index is 12.9. The lowest BCUT2D eigenvalue weighted by atomic mass is 10.1. The molecule has 0 spiro atoms. The number of sulfonamides is 1. The zero-order valence-corrected chi connectivity index (χ0v) is 17.6. The van der Waals surface area contributed by atoms with Crippen LogP contribution in [0.2, 0.25) is 0 Å². The van der Waals surface area contributed by atoms with Gasteiger partial charge in [0.1, 0.15) is 0 Å². The fourth-order valence-corrected chi connectivity index (χ4v) is 4.80. The lowest BCUT2D eigenvalue weighted by Crippen LogP contribution is -2.40. The van der Waals surface area contributed by atoms with Crippen molar-refractivity contribution in [1.82, 2.24) is 14.5 Å². The number of amides is 1. The maximum absolute atomic E-state index is 12.9. The molecule has 1 heterocycles. The van der Waals surface area contributed by atoms with E-state index in [4.69, 9.17) is 4.74 Å². The molecule has 3 rings (SSSR count). The van der Waals surface area contributed by atoms with Gasteiger partial charge in [0.15, 0.2) is 0 Å². The maximum Gasteiger partial charge on any atom is 0.251 e. The molecule has 1 N–H and O–H groups in total. The lowest BCUT2D eigenvalue weighted by Gasteiger charge is -2.26. The molecule has 0 aliphatic carbocycles. The number of carbonyl (C=O) groups is 1. The van der Waals surface area contributed by atoms with E-state index in [9.17, 15) is 13.2 Å². The number of ether oxygens (including phenoxy) is 1. The number of hydrogen-bond donors (Lipinski definition) is 1. The average molecular weight is 418 g/mol. The summed E-state index contributed by atoms with van der Waals surface area (Å²) in [6.45, 7) is 2.94. The number of nitrogens with one attached hydrogen (secondary N) is 1. The van der Waals surface area contributed by atoms with Gasteiger partial charge in [0, 0.05) is 38.8 Å². The second-order valence-electron chi connectivity index (χ2n) is 7.11. The van der Waals surface area contributed by atoms with Crippen LogP contribution in [0.1, 0.15) is 21.5 Å². The van der Waals surface area contributed by atoms with Crippen LogP contribution in [0.15, 0.2) is 53.4 Å². The van der Waals surface area contributed by atoms with E-state index in [2.05, 4.69) is 10.2 Å². The molecule has 0 aromatic heterocycles. The minimum Gasteiger partial charge on any atom is -0.379 e. The first-order valence-electron chi connectivity index (χ1n) is 9.56. The molecule has 1 fully saturated rings. The summed E-state index contributed by atoms with van der Waals surface area (Å²) >= 11 is 0. The molecule has 0 radical (unpaired) electrons. The Morgan fingerprint density at radius 2 is 1.72 bits per heavy atom. The molecule has 2 aromatic rings. The van der Waals surface area contributed by atoms with Crippen molar-refractivity contribution in [3.05, 3.63) is 65.2 Å². The Bertz CT molecular complexity index is 939. The minimum atomic E-state index is -3.50. The Kier molecular flexibility index (Phi) is 7.02. The highest BCUT2D eigenvalue weighted by atomic mass is 32.2. The predicted octanol–water partition coefficient (Wildman–Crippen LogP) is 1.70. The third-order valence-corrected chi connectivity index (χ3v) is 6.75. The van der Waals surface area contributed by atoms with E-state index in [1.54, 1.807) is 37.4 Å². The van der Waals surface area contributed by atoms with Crippen LogP contribution in [-0.2, 0) is 27.8 Å². The highest BCUT2D eigenvalue weighted by Crippen LogP contribution is 2.19. The third-order valence-electron chi connectivity index (χ3n) is 4.85. The molecule has 0 atom stereocenters. The van der Waals surface area contributed by atoms with Gasteiger partial charge < -0.3 is 10.1 Å². The van der Waals surface area contributed by atoms with Gasteiger partial charge in [0.25, 0.3) is 5.91 Å². The van der Waals surface area contributed by atoms with Crippen molar-refractivity contribution in [2.75, 3.05) is 40.4 Å². The Morgan fingerprint density at radius 3 is 2.38 bits per heavy atom. The summed E-state index contributed by atoms with van der Waals surface area (Å²) in [5.41, 5.74) is 2.64. The van der Waals surface area contributed by atoms with Crippen molar-refractivity contribution in [3.63, 3.8) is 0 Å². The molecule has 1 aliphatic rings. The van der Waals surface area contributed by atoms with E-state index in [0.29, 0.717) is 49.9 Å². The van der Waals surface area contributed by atoms with Gasteiger partial charge in [0.2, 0.25) is 10.0 Å². The molecule has 8 heteroatoms. The smallest absolute Gasteiger partial charge is 0.251 e. The molecule has 156 valence electrons. The minimum absolute atomic E-state index is 0.108. The number of morpholine rings is 1. The second-order valence-corrected chi connectivity index (χ2v) is 9.05. The molecule has 0 unspecified atom stereocenters. The number of hydrogen-bond acceptors (Lipinski definition) is 5. The number of carbonyl (C=O) groups excluding carboxylic acids is 1. The Morgan fingerprint density at radius 1 is 1.07 bits per heavy atom. The molecule has 7 nitrogen and oxygen atoms in total.